The number of amides is 1. The van der Waals surface area contributed by atoms with Crippen LogP contribution in [-0.2, 0) is 4.79 Å². The van der Waals surface area contributed by atoms with Gasteiger partial charge in [0.05, 0.1) is 17.1 Å². The minimum atomic E-state index is -0.412. The van der Waals surface area contributed by atoms with Crippen LogP contribution in [0.2, 0.25) is 0 Å². The molecule has 0 radical (unpaired) electrons. The molecule has 0 bridgehead atoms. The van der Waals surface area contributed by atoms with Gasteiger partial charge in [0, 0.05) is 19.1 Å². The van der Waals surface area contributed by atoms with Crippen molar-refractivity contribution in [2.75, 3.05) is 25.1 Å². The van der Waals surface area contributed by atoms with E-state index >= 15 is 0 Å². The Morgan fingerprint density at radius 2 is 2.08 bits per heavy atom. The normalized spacial score (nSPS) is 17.3. The molecule has 24 heavy (non-hydrogen) atoms. The van der Waals surface area contributed by atoms with Gasteiger partial charge in [-0.1, -0.05) is 12.1 Å². The minimum absolute atomic E-state index is 0.0359. The van der Waals surface area contributed by atoms with Gasteiger partial charge in [-0.2, -0.15) is 11.8 Å². The third-order valence-electron chi connectivity index (χ3n) is 4.72. The fraction of sp³-hybridized carbons (Fsp3) is 0.529. The number of fused-ring (bicyclic) bond motifs is 1. The summed E-state index contributed by atoms with van der Waals surface area (Å²) in [4.78, 5) is 29.4. The van der Waals surface area contributed by atoms with E-state index in [0.29, 0.717) is 19.5 Å². The largest absolute Gasteiger partial charge is 0.341 e. The zero-order valence-corrected chi connectivity index (χ0v) is 14.7. The molecule has 1 aromatic carbocycles. The number of hydrogen-bond donors (Lipinski definition) is 2. The number of benzene rings is 1. The number of nitrogens with one attached hydrogen (secondary N) is 1. The maximum absolute atomic E-state index is 12.4. The van der Waals surface area contributed by atoms with Crippen molar-refractivity contribution < 1.29 is 4.79 Å². The monoisotopic (exact) mass is 348 g/mol. The fourth-order valence-electron chi connectivity index (χ4n) is 3.38. The van der Waals surface area contributed by atoms with E-state index in [1.165, 1.54) is 0 Å². The van der Waals surface area contributed by atoms with Crippen LogP contribution >= 0.6 is 11.8 Å². The van der Waals surface area contributed by atoms with Gasteiger partial charge in [0.15, 0.2) is 0 Å². The lowest BCUT2D eigenvalue weighted by Gasteiger charge is -2.34. The van der Waals surface area contributed by atoms with Gasteiger partial charge >= 0.3 is 5.69 Å². The van der Waals surface area contributed by atoms with E-state index in [2.05, 4.69) is 4.98 Å². The van der Waals surface area contributed by atoms with Crippen LogP contribution in [0.4, 0.5) is 0 Å². The number of nitrogens with zero attached hydrogens (tertiary/aromatic N) is 2. The van der Waals surface area contributed by atoms with Crippen LogP contribution in [0.5, 0.6) is 0 Å². The number of para-hydroxylation sites is 2. The Labute approximate surface area is 145 Å². The highest BCUT2D eigenvalue weighted by Gasteiger charge is 2.28. The average Bonchev–Trinajstić information content (AvgIpc) is 2.95. The Morgan fingerprint density at radius 3 is 2.79 bits per heavy atom. The second kappa shape index (κ2) is 7.44. The third kappa shape index (κ3) is 3.37. The van der Waals surface area contributed by atoms with Crippen LogP contribution in [0.25, 0.3) is 11.0 Å². The molecule has 0 spiro atoms. The molecule has 7 heteroatoms. The van der Waals surface area contributed by atoms with Crippen molar-refractivity contribution in [2.45, 2.75) is 31.3 Å². The number of rotatable bonds is 5. The smallest absolute Gasteiger partial charge is 0.326 e. The molecule has 0 aliphatic carbocycles. The van der Waals surface area contributed by atoms with Crippen molar-refractivity contribution >= 4 is 28.7 Å². The van der Waals surface area contributed by atoms with Gasteiger partial charge in [0.25, 0.3) is 0 Å². The lowest BCUT2D eigenvalue weighted by Crippen LogP contribution is -2.48. The lowest BCUT2D eigenvalue weighted by molar-refractivity contribution is -0.133. The second-order valence-corrected chi connectivity index (χ2v) is 7.25. The van der Waals surface area contributed by atoms with Crippen LogP contribution in [0.1, 0.15) is 25.3 Å². The summed E-state index contributed by atoms with van der Waals surface area (Å²) in [5.74, 6) is 0.933. The molecule has 3 N–H and O–H groups in total. The molecule has 1 aromatic heterocycles. The van der Waals surface area contributed by atoms with Gasteiger partial charge in [-0.15, -0.1) is 0 Å². The number of thioether (sulfide) groups is 1. The molecule has 6 nitrogen and oxygen atoms in total. The number of imidazole rings is 1. The standard InChI is InChI=1S/C17H24N4O2S/c1-24-11-8-13(18)16(22)20-9-6-12(7-10-20)21-15-5-3-2-4-14(15)19-17(21)23/h2-5,12-13H,6-11,18H2,1H3,(H,19,23)/t13-/m0/s1. The molecule has 1 fully saturated rings. The van der Waals surface area contributed by atoms with E-state index in [0.717, 1.165) is 29.6 Å². The third-order valence-corrected chi connectivity index (χ3v) is 5.36. The van der Waals surface area contributed by atoms with Crippen molar-refractivity contribution in [1.82, 2.24) is 14.5 Å². The van der Waals surface area contributed by atoms with Crippen molar-refractivity contribution in [3.05, 3.63) is 34.7 Å². The first-order valence-electron chi connectivity index (χ1n) is 8.34. The number of nitrogens with two attached hydrogens (primary N) is 1. The SMILES string of the molecule is CSCC[C@H](N)C(=O)N1CCC(n2c(=O)[nH]c3ccccc32)CC1. The molecule has 2 heterocycles. The molecule has 1 saturated heterocycles. The molecule has 130 valence electrons. The van der Waals surface area contributed by atoms with Gasteiger partial charge in [0.2, 0.25) is 5.91 Å². The second-order valence-electron chi connectivity index (χ2n) is 6.26. The van der Waals surface area contributed by atoms with Crippen LogP contribution in [0, 0.1) is 0 Å². The molecule has 0 saturated carbocycles. The van der Waals surface area contributed by atoms with E-state index in [9.17, 15) is 9.59 Å². The van der Waals surface area contributed by atoms with Gasteiger partial charge in [-0.25, -0.2) is 4.79 Å². The summed E-state index contributed by atoms with van der Waals surface area (Å²) >= 11 is 1.70. The zero-order chi connectivity index (χ0) is 17.1. The molecule has 1 aliphatic rings. The molecule has 3 rings (SSSR count). The summed E-state index contributed by atoms with van der Waals surface area (Å²) in [6.07, 6.45) is 4.29. The summed E-state index contributed by atoms with van der Waals surface area (Å²) in [7, 11) is 0. The van der Waals surface area contributed by atoms with Crippen LogP contribution in [-0.4, -0.2) is 51.5 Å². The molecular formula is C17H24N4O2S. The summed E-state index contributed by atoms with van der Waals surface area (Å²) in [6.45, 7) is 1.31. The Morgan fingerprint density at radius 1 is 1.38 bits per heavy atom. The number of carbonyl (C=O) groups is 1. The first-order valence-corrected chi connectivity index (χ1v) is 9.73. The molecule has 0 unspecified atom stereocenters. The van der Waals surface area contributed by atoms with Gasteiger partial charge in [-0.3, -0.25) is 9.36 Å². The summed E-state index contributed by atoms with van der Waals surface area (Å²) < 4.78 is 1.84. The number of likely N-dealkylation sites (tertiary alicyclic amines) is 1. The highest BCUT2D eigenvalue weighted by molar-refractivity contribution is 7.98. The summed E-state index contributed by atoms with van der Waals surface area (Å²) in [6, 6.07) is 7.44. The fourth-order valence-corrected chi connectivity index (χ4v) is 3.87. The quantitative estimate of drug-likeness (QED) is 0.859. The Bertz CT molecular complexity index is 761. The Balaban J connectivity index is 1.67. The van der Waals surface area contributed by atoms with Gasteiger partial charge in [0.1, 0.15) is 0 Å². The van der Waals surface area contributed by atoms with Crippen molar-refractivity contribution in [1.29, 1.82) is 0 Å². The Hall–Kier alpha value is -1.73. The van der Waals surface area contributed by atoms with E-state index < -0.39 is 6.04 Å². The van der Waals surface area contributed by atoms with E-state index in [1.54, 1.807) is 11.8 Å². The van der Waals surface area contributed by atoms with Crippen molar-refractivity contribution in [2.24, 2.45) is 5.73 Å². The number of H-pyrrole nitrogens is 1. The first kappa shape index (κ1) is 17.1. The molecule has 1 aliphatic heterocycles. The minimum Gasteiger partial charge on any atom is -0.341 e. The van der Waals surface area contributed by atoms with E-state index in [4.69, 9.17) is 5.73 Å². The average molecular weight is 348 g/mol. The maximum atomic E-state index is 12.4. The topological polar surface area (TPSA) is 84.1 Å². The number of carbonyl (C=O) groups excluding carboxylic acids is 1. The molecule has 2 aromatic rings. The molecular weight excluding hydrogens is 324 g/mol. The molecule has 1 amide bonds. The molecule has 1 atom stereocenters. The van der Waals surface area contributed by atoms with Crippen LogP contribution in [0.15, 0.2) is 29.1 Å². The number of piperidine rings is 1. The predicted molar refractivity (Wildman–Crippen MR) is 98.4 cm³/mol. The Kier molecular flexibility index (Phi) is 5.30. The number of aromatic nitrogens is 2. The van der Waals surface area contributed by atoms with Gasteiger partial charge in [-0.05, 0) is 43.4 Å². The summed E-state index contributed by atoms with van der Waals surface area (Å²) in [5, 5.41) is 0. The number of hydrogen-bond acceptors (Lipinski definition) is 4. The summed E-state index contributed by atoms with van der Waals surface area (Å²) in [5.41, 5.74) is 7.72. The number of aromatic amines is 1. The zero-order valence-electron chi connectivity index (χ0n) is 13.9. The van der Waals surface area contributed by atoms with E-state index in [1.807, 2.05) is 40.0 Å². The van der Waals surface area contributed by atoms with Crippen LogP contribution in [0.3, 0.4) is 0 Å². The van der Waals surface area contributed by atoms with Crippen LogP contribution < -0.4 is 11.4 Å². The van der Waals surface area contributed by atoms with Crippen molar-refractivity contribution in [3.8, 4) is 0 Å². The highest BCUT2D eigenvalue weighted by Crippen LogP contribution is 2.25. The first-order chi connectivity index (χ1) is 11.6. The lowest BCUT2D eigenvalue weighted by atomic mass is 10.0. The van der Waals surface area contributed by atoms with Crippen molar-refractivity contribution in [3.63, 3.8) is 0 Å². The maximum Gasteiger partial charge on any atom is 0.326 e. The van der Waals surface area contributed by atoms with E-state index in [-0.39, 0.29) is 17.6 Å². The van der Waals surface area contributed by atoms with Gasteiger partial charge < -0.3 is 15.6 Å². The highest BCUT2D eigenvalue weighted by atomic mass is 32.2. The predicted octanol–water partition coefficient (Wildman–Crippen LogP) is 1.57.